The highest BCUT2D eigenvalue weighted by molar-refractivity contribution is 7.80. The third-order valence-electron chi connectivity index (χ3n) is 2.23. The molecule has 0 saturated carbocycles. The van der Waals surface area contributed by atoms with Crippen LogP contribution in [-0.2, 0) is 0 Å². The van der Waals surface area contributed by atoms with E-state index >= 15 is 0 Å². The van der Waals surface area contributed by atoms with Crippen molar-refractivity contribution >= 4 is 12.6 Å². The number of nitrogens with zero attached hydrogens (tertiary/aromatic N) is 1. The van der Waals surface area contributed by atoms with Crippen LogP contribution in [0.4, 0.5) is 13.2 Å². The van der Waals surface area contributed by atoms with E-state index in [0.29, 0.717) is 13.1 Å². The number of hydrogen-bond acceptors (Lipinski definition) is 2. The van der Waals surface area contributed by atoms with Crippen molar-refractivity contribution in [1.82, 2.24) is 4.90 Å². The van der Waals surface area contributed by atoms with Gasteiger partial charge < -0.3 is 0 Å². The predicted molar refractivity (Wildman–Crippen MR) is 60.5 cm³/mol. The molecular formula is C10H20F3NS. The number of thiol groups is 1. The summed E-state index contributed by atoms with van der Waals surface area (Å²) in [5.74, 6) is 0.861. The first-order valence-electron chi connectivity index (χ1n) is 5.39. The molecule has 0 radical (unpaired) electrons. The molecule has 0 amide bonds. The van der Waals surface area contributed by atoms with Crippen LogP contribution in [-0.4, -0.2) is 36.5 Å². The lowest BCUT2D eigenvalue weighted by atomic mass is 10.2. The van der Waals surface area contributed by atoms with Crippen LogP contribution in [0.15, 0.2) is 0 Å². The lowest BCUT2D eigenvalue weighted by Crippen LogP contribution is -2.34. The second-order valence-electron chi connectivity index (χ2n) is 3.62. The molecule has 0 N–H and O–H groups in total. The zero-order chi connectivity index (χ0) is 11.7. The summed E-state index contributed by atoms with van der Waals surface area (Å²) in [6, 6.07) is 0. The summed E-state index contributed by atoms with van der Waals surface area (Å²) in [5.41, 5.74) is 0. The standard InChI is InChI=1S/C10H20F3NS/c1-2-14(9-10(11,12)13)7-5-3-4-6-8-15/h15H,2-9H2,1H3. The van der Waals surface area contributed by atoms with Gasteiger partial charge in [0.25, 0.3) is 0 Å². The summed E-state index contributed by atoms with van der Waals surface area (Å²) in [6.45, 7) is 1.99. The number of rotatable bonds is 8. The van der Waals surface area contributed by atoms with E-state index in [9.17, 15) is 13.2 Å². The Labute approximate surface area is 95.4 Å². The van der Waals surface area contributed by atoms with Gasteiger partial charge in [0.15, 0.2) is 0 Å². The molecule has 0 aromatic heterocycles. The van der Waals surface area contributed by atoms with E-state index in [1.54, 1.807) is 6.92 Å². The van der Waals surface area contributed by atoms with Gasteiger partial charge >= 0.3 is 6.18 Å². The van der Waals surface area contributed by atoms with E-state index in [2.05, 4.69) is 12.6 Å². The Morgan fingerprint density at radius 2 is 1.67 bits per heavy atom. The molecule has 0 rings (SSSR count). The second-order valence-corrected chi connectivity index (χ2v) is 4.07. The molecule has 0 bridgehead atoms. The maximum Gasteiger partial charge on any atom is 0.401 e. The molecule has 0 fully saturated rings. The van der Waals surface area contributed by atoms with Crippen LogP contribution in [0, 0.1) is 0 Å². The van der Waals surface area contributed by atoms with E-state index in [-0.39, 0.29) is 0 Å². The fraction of sp³-hybridized carbons (Fsp3) is 1.00. The Morgan fingerprint density at radius 3 is 2.13 bits per heavy atom. The van der Waals surface area contributed by atoms with Crippen molar-refractivity contribution < 1.29 is 13.2 Å². The van der Waals surface area contributed by atoms with Gasteiger partial charge in [0.2, 0.25) is 0 Å². The summed E-state index contributed by atoms with van der Waals surface area (Å²) >= 11 is 4.08. The minimum absolute atomic E-state index is 0.464. The summed E-state index contributed by atoms with van der Waals surface area (Å²) in [4.78, 5) is 1.45. The minimum atomic E-state index is -4.07. The number of halogens is 3. The SMILES string of the molecule is CCN(CCCCCCS)CC(F)(F)F. The fourth-order valence-corrected chi connectivity index (χ4v) is 1.63. The van der Waals surface area contributed by atoms with Crippen LogP contribution < -0.4 is 0 Å². The van der Waals surface area contributed by atoms with Crippen LogP contribution in [0.25, 0.3) is 0 Å². The van der Waals surface area contributed by atoms with Crippen LogP contribution in [0.5, 0.6) is 0 Å². The maximum atomic E-state index is 12.1. The third kappa shape index (κ3) is 10.4. The molecule has 0 aromatic carbocycles. The van der Waals surface area contributed by atoms with Crippen molar-refractivity contribution in [3.8, 4) is 0 Å². The van der Waals surface area contributed by atoms with Crippen molar-refractivity contribution in [1.29, 1.82) is 0 Å². The normalized spacial score (nSPS) is 12.4. The van der Waals surface area contributed by atoms with E-state index < -0.39 is 12.7 Å². The minimum Gasteiger partial charge on any atom is -0.295 e. The molecule has 0 unspecified atom stereocenters. The molecule has 15 heavy (non-hydrogen) atoms. The summed E-state index contributed by atoms with van der Waals surface area (Å²) in [5, 5.41) is 0. The highest BCUT2D eigenvalue weighted by Crippen LogP contribution is 2.16. The van der Waals surface area contributed by atoms with E-state index in [0.717, 1.165) is 31.4 Å². The third-order valence-corrected chi connectivity index (χ3v) is 2.55. The quantitative estimate of drug-likeness (QED) is 0.505. The zero-order valence-corrected chi connectivity index (χ0v) is 10.1. The molecule has 0 spiro atoms. The summed E-state index contributed by atoms with van der Waals surface area (Å²) < 4.78 is 36.2. The Balaban J connectivity index is 3.53. The molecule has 0 aliphatic carbocycles. The van der Waals surface area contributed by atoms with Crippen molar-refractivity contribution in [2.75, 3.05) is 25.4 Å². The Kier molecular flexibility index (Phi) is 8.33. The smallest absolute Gasteiger partial charge is 0.295 e. The largest absolute Gasteiger partial charge is 0.401 e. The van der Waals surface area contributed by atoms with Gasteiger partial charge in [0.1, 0.15) is 0 Å². The fourth-order valence-electron chi connectivity index (χ4n) is 1.40. The molecule has 0 aliphatic heterocycles. The van der Waals surface area contributed by atoms with Crippen LogP contribution >= 0.6 is 12.6 Å². The van der Waals surface area contributed by atoms with Gasteiger partial charge in [-0.25, -0.2) is 0 Å². The second kappa shape index (κ2) is 8.28. The lowest BCUT2D eigenvalue weighted by molar-refractivity contribution is -0.145. The average Bonchev–Trinajstić information content (AvgIpc) is 2.14. The Morgan fingerprint density at radius 1 is 1.07 bits per heavy atom. The number of hydrogen-bond donors (Lipinski definition) is 1. The van der Waals surface area contributed by atoms with Crippen LogP contribution in [0.3, 0.4) is 0 Å². The molecule has 5 heteroatoms. The van der Waals surface area contributed by atoms with Gasteiger partial charge in [-0.05, 0) is 31.7 Å². The first-order chi connectivity index (χ1) is 6.99. The average molecular weight is 243 g/mol. The lowest BCUT2D eigenvalue weighted by Gasteiger charge is -2.21. The molecule has 0 saturated heterocycles. The van der Waals surface area contributed by atoms with Gasteiger partial charge in [-0.2, -0.15) is 25.8 Å². The van der Waals surface area contributed by atoms with Crippen molar-refractivity contribution in [3.05, 3.63) is 0 Å². The molecule has 1 nitrogen and oxygen atoms in total. The highest BCUT2D eigenvalue weighted by atomic mass is 32.1. The van der Waals surface area contributed by atoms with Gasteiger partial charge in [-0.15, -0.1) is 0 Å². The van der Waals surface area contributed by atoms with Gasteiger partial charge in [-0.1, -0.05) is 19.8 Å². The summed E-state index contributed by atoms with van der Waals surface area (Å²) in [7, 11) is 0. The topological polar surface area (TPSA) is 3.24 Å². The maximum absolute atomic E-state index is 12.1. The predicted octanol–water partition coefficient (Wildman–Crippen LogP) is 3.36. The van der Waals surface area contributed by atoms with Crippen molar-refractivity contribution in [2.24, 2.45) is 0 Å². The van der Waals surface area contributed by atoms with Crippen LogP contribution in [0.1, 0.15) is 32.6 Å². The molecule has 0 aliphatic rings. The number of unbranched alkanes of at least 4 members (excludes halogenated alkanes) is 3. The van der Waals surface area contributed by atoms with Crippen molar-refractivity contribution in [2.45, 2.75) is 38.8 Å². The molecular weight excluding hydrogens is 223 g/mol. The first kappa shape index (κ1) is 15.1. The Hall–Kier alpha value is 0.100. The van der Waals surface area contributed by atoms with E-state index in [1.807, 2.05) is 0 Å². The van der Waals surface area contributed by atoms with Crippen LogP contribution in [0.2, 0.25) is 0 Å². The molecule has 0 aromatic rings. The van der Waals surface area contributed by atoms with E-state index in [1.165, 1.54) is 4.90 Å². The first-order valence-corrected chi connectivity index (χ1v) is 6.02. The monoisotopic (exact) mass is 243 g/mol. The molecule has 92 valence electrons. The van der Waals surface area contributed by atoms with Gasteiger partial charge in [0.05, 0.1) is 6.54 Å². The van der Waals surface area contributed by atoms with Gasteiger partial charge in [0, 0.05) is 0 Å². The molecule has 0 atom stereocenters. The van der Waals surface area contributed by atoms with Gasteiger partial charge in [-0.3, -0.25) is 4.90 Å². The van der Waals surface area contributed by atoms with Crippen molar-refractivity contribution in [3.63, 3.8) is 0 Å². The molecule has 0 heterocycles. The zero-order valence-electron chi connectivity index (χ0n) is 9.19. The number of alkyl halides is 3. The van der Waals surface area contributed by atoms with E-state index in [4.69, 9.17) is 0 Å². The summed E-state index contributed by atoms with van der Waals surface area (Å²) in [6.07, 6.45) is -0.116. The highest BCUT2D eigenvalue weighted by Gasteiger charge is 2.29. The Bertz CT molecular complexity index is 150.